The molecule has 3 aromatic carbocycles. The van der Waals surface area contributed by atoms with Crippen molar-refractivity contribution >= 4 is 29.3 Å². The zero-order valence-corrected chi connectivity index (χ0v) is 19.2. The second-order valence-corrected chi connectivity index (χ2v) is 8.20. The molecule has 3 aromatic rings. The van der Waals surface area contributed by atoms with Gasteiger partial charge in [-0.25, -0.2) is 0 Å². The largest absolute Gasteiger partial charge is 0.497 e. The van der Waals surface area contributed by atoms with Crippen LogP contribution in [0, 0.1) is 5.92 Å². The summed E-state index contributed by atoms with van der Waals surface area (Å²) in [6.07, 6.45) is 5.76. The predicted octanol–water partition coefficient (Wildman–Crippen LogP) is 5.05. The topological polar surface area (TPSA) is 70.7 Å². The molecule has 1 heterocycles. The summed E-state index contributed by atoms with van der Waals surface area (Å²) in [7, 11) is 1.62. The van der Waals surface area contributed by atoms with Crippen LogP contribution in [-0.2, 0) is 9.59 Å². The Morgan fingerprint density at radius 2 is 1.65 bits per heavy atom. The van der Waals surface area contributed by atoms with E-state index in [0.717, 1.165) is 22.7 Å². The van der Waals surface area contributed by atoms with Gasteiger partial charge < -0.3 is 9.64 Å². The Balaban J connectivity index is 1.37. The number of anilines is 2. The standard InChI is InChI=1S/C28H29N3O3/c1-34-24-18-16-23(17-19-24)31-26(20-15-21-9-4-2-5-10-21)25(28(31)33)13-8-14-27(32)30-29-22-11-6-3-7-12-22/h2-7,9-12,15-20,25-26,29H,8,13-14H2,1H3,(H,30,32)/b20-15+/t25-,26?/m0/s1. The number of rotatable bonds is 10. The van der Waals surface area contributed by atoms with Gasteiger partial charge in [0.1, 0.15) is 5.75 Å². The molecule has 1 aliphatic rings. The summed E-state index contributed by atoms with van der Waals surface area (Å²) >= 11 is 0. The molecule has 2 N–H and O–H groups in total. The van der Waals surface area contributed by atoms with Crippen LogP contribution in [0.1, 0.15) is 24.8 Å². The van der Waals surface area contributed by atoms with Crippen LogP contribution in [0.2, 0.25) is 0 Å². The van der Waals surface area contributed by atoms with Crippen molar-refractivity contribution in [1.82, 2.24) is 5.43 Å². The Kier molecular flexibility index (Phi) is 7.60. The van der Waals surface area contributed by atoms with E-state index in [9.17, 15) is 9.59 Å². The van der Waals surface area contributed by atoms with Crippen LogP contribution in [0.5, 0.6) is 5.75 Å². The number of para-hydroxylation sites is 1. The van der Waals surface area contributed by atoms with Crippen molar-refractivity contribution in [3.63, 3.8) is 0 Å². The molecule has 1 saturated heterocycles. The summed E-state index contributed by atoms with van der Waals surface area (Å²) in [5.74, 6) is 0.575. The monoisotopic (exact) mass is 455 g/mol. The van der Waals surface area contributed by atoms with Crippen LogP contribution in [0.25, 0.3) is 6.08 Å². The first-order valence-corrected chi connectivity index (χ1v) is 11.5. The molecule has 1 unspecified atom stereocenters. The minimum atomic E-state index is -0.156. The highest BCUT2D eigenvalue weighted by atomic mass is 16.5. The third-order valence-corrected chi connectivity index (χ3v) is 5.94. The molecular weight excluding hydrogens is 426 g/mol. The van der Waals surface area contributed by atoms with Gasteiger partial charge in [0.05, 0.1) is 24.8 Å². The number of β-lactam (4-membered cyclic amide) rings is 1. The van der Waals surface area contributed by atoms with Crippen LogP contribution in [0.3, 0.4) is 0 Å². The fourth-order valence-electron chi connectivity index (χ4n) is 4.11. The molecule has 0 aliphatic carbocycles. The van der Waals surface area contributed by atoms with Crippen molar-refractivity contribution in [1.29, 1.82) is 0 Å². The van der Waals surface area contributed by atoms with Crippen molar-refractivity contribution < 1.29 is 14.3 Å². The zero-order valence-electron chi connectivity index (χ0n) is 19.2. The van der Waals surface area contributed by atoms with Gasteiger partial charge in [-0.2, -0.15) is 0 Å². The normalized spacial score (nSPS) is 17.3. The van der Waals surface area contributed by atoms with Crippen LogP contribution in [0.15, 0.2) is 91.0 Å². The Bertz CT molecular complexity index is 1110. The second-order valence-electron chi connectivity index (χ2n) is 8.20. The smallest absolute Gasteiger partial charge is 0.238 e. The van der Waals surface area contributed by atoms with E-state index >= 15 is 0 Å². The molecule has 0 saturated carbocycles. The van der Waals surface area contributed by atoms with Gasteiger partial charge in [-0.05, 0) is 54.8 Å². The Hall–Kier alpha value is -4.06. The van der Waals surface area contributed by atoms with E-state index in [1.807, 2.05) is 89.8 Å². The third-order valence-electron chi connectivity index (χ3n) is 5.94. The molecule has 6 nitrogen and oxygen atoms in total. The molecule has 2 atom stereocenters. The molecule has 0 bridgehead atoms. The van der Waals surface area contributed by atoms with Gasteiger partial charge in [0.25, 0.3) is 0 Å². The molecule has 1 fully saturated rings. The maximum Gasteiger partial charge on any atom is 0.238 e. The lowest BCUT2D eigenvalue weighted by atomic mass is 9.82. The van der Waals surface area contributed by atoms with E-state index in [1.165, 1.54) is 0 Å². The first kappa shape index (κ1) is 23.1. The number of nitrogens with one attached hydrogen (secondary N) is 2. The molecule has 4 rings (SSSR count). The molecule has 0 radical (unpaired) electrons. The number of carbonyl (C=O) groups is 2. The second kappa shape index (κ2) is 11.2. The highest BCUT2D eigenvalue weighted by Crippen LogP contribution is 2.37. The van der Waals surface area contributed by atoms with E-state index in [2.05, 4.69) is 23.0 Å². The number of amides is 2. The minimum absolute atomic E-state index is 0.0633. The van der Waals surface area contributed by atoms with Crippen LogP contribution < -0.4 is 20.5 Å². The van der Waals surface area contributed by atoms with E-state index in [4.69, 9.17) is 4.74 Å². The highest BCUT2D eigenvalue weighted by Gasteiger charge is 2.45. The quantitative estimate of drug-likeness (QED) is 0.331. The highest BCUT2D eigenvalue weighted by molar-refractivity contribution is 6.04. The Morgan fingerprint density at radius 1 is 0.971 bits per heavy atom. The van der Waals surface area contributed by atoms with Gasteiger partial charge in [-0.1, -0.05) is 60.7 Å². The van der Waals surface area contributed by atoms with E-state index in [-0.39, 0.29) is 23.8 Å². The van der Waals surface area contributed by atoms with Crippen LogP contribution >= 0.6 is 0 Å². The Morgan fingerprint density at radius 3 is 2.32 bits per heavy atom. The molecular formula is C28H29N3O3. The van der Waals surface area contributed by atoms with Gasteiger partial charge >= 0.3 is 0 Å². The third kappa shape index (κ3) is 5.64. The first-order chi connectivity index (χ1) is 16.7. The minimum Gasteiger partial charge on any atom is -0.497 e. The van der Waals surface area contributed by atoms with Crippen molar-refractivity contribution in [2.75, 3.05) is 17.4 Å². The zero-order chi connectivity index (χ0) is 23.8. The van der Waals surface area contributed by atoms with Gasteiger partial charge in [0, 0.05) is 12.1 Å². The van der Waals surface area contributed by atoms with E-state index in [0.29, 0.717) is 19.3 Å². The molecule has 0 aromatic heterocycles. The lowest BCUT2D eigenvalue weighted by molar-refractivity contribution is -0.129. The lowest BCUT2D eigenvalue weighted by Crippen LogP contribution is -2.60. The van der Waals surface area contributed by atoms with Gasteiger partial charge in [0.15, 0.2) is 0 Å². The lowest BCUT2D eigenvalue weighted by Gasteiger charge is -2.46. The summed E-state index contributed by atoms with van der Waals surface area (Å²) in [5, 5.41) is 0. The predicted molar refractivity (Wildman–Crippen MR) is 135 cm³/mol. The number of hydrazine groups is 1. The van der Waals surface area contributed by atoms with Gasteiger partial charge in [-0.15, -0.1) is 0 Å². The molecule has 1 aliphatic heterocycles. The number of nitrogens with zero attached hydrogens (tertiary/aromatic N) is 1. The Labute approximate surface area is 200 Å². The number of methoxy groups -OCH3 is 1. The maximum absolute atomic E-state index is 13.1. The summed E-state index contributed by atoms with van der Waals surface area (Å²) in [6, 6.07) is 27.0. The summed E-state index contributed by atoms with van der Waals surface area (Å²) in [5.41, 5.74) is 8.37. The molecule has 6 heteroatoms. The van der Waals surface area contributed by atoms with Crippen molar-refractivity contribution in [2.24, 2.45) is 5.92 Å². The summed E-state index contributed by atoms with van der Waals surface area (Å²) in [6.45, 7) is 0. The van der Waals surface area contributed by atoms with Crippen molar-refractivity contribution in [2.45, 2.75) is 25.3 Å². The molecule has 174 valence electrons. The number of hydrogen-bond acceptors (Lipinski definition) is 4. The van der Waals surface area contributed by atoms with Gasteiger partial charge in [-0.3, -0.25) is 20.4 Å². The number of carbonyl (C=O) groups excluding carboxylic acids is 2. The number of benzene rings is 3. The molecule has 0 spiro atoms. The molecule has 34 heavy (non-hydrogen) atoms. The average molecular weight is 456 g/mol. The SMILES string of the molecule is COc1ccc(N2C(=O)[C@@H](CCCC(=O)NNc3ccccc3)C2/C=C/c2ccccc2)cc1. The fraction of sp³-hybridized carbons (Fsp3) is 0.214. The van der Waals surface area contributed by atoms with Gasteiger partial charge in [0.2, 0.25) is 11.8 Å². The van der Waals surface area contributed by atoms with Crippen molar-refractivity contribution in [3.8, 4) is 5.75 Å². The first-order valence-electron chi connectivity index (χ1n) is 11.5. The van der Waals surface area contributed by atoms with Crippen molar-refractivity contribution in [3.05, 3.63) is 96.6 Å². The average Bonchev–Trinajstić information content (AvgIpc) is 2.89. The maximum atomic E-state index is 13.1. The van der Waals surface area contributed by atoms with Crippen LogP contribution in [0.4, 0.5) is 11.4 Å². The van der Waals surface area contributed by atoms with E-state index in [1.54, 1.807) is 7.11 Å². The van der Waals surface area contributed by atoms with Crippen LogP contribution in [-0.4, -0.2) is 25.0 Å². The van der Waals surface area contributed by atoms with E-state index < -0.39 is 0 Å². The number of ether oxygens (including phenoxy) is 1. The summed E-state index contributed by atoms with van der Waals surface area (Å²) in [4.78, 5) is 27.1. The summed E-state index contributed by atoms with van der Waals surface area (Å²) < 4.78 is 5.24. The molecule has 2 amide bonds. The number of hydrogen-bond donors (Lipinski definition) is 2. The fourth-order valence-corrected chi connectivity index (χ4v) is 4.11.